The number of fused-ring (bicyclic) bond motifs is 1. The molecule has 126 valence electrons. The van der Waals surface area contributed by atoms with Crippen LogP contribution < -0.4 is 0 Å². The number of rotatable bonds is 1. The van der Waals surface area contributed by atoms with Crippen LogP contribution in [0.2, 0.25) is 0 Å². The quantitative estimate of drug-likeness (QED) is 0.767. The van der Waals surface area contributed by atoms with Gasteiger partial charge in [0.05, 0.1) is 24.3 Å². The van der Waals surface area contributed by atoms with E-state index in [0.29, 0.717) is 30.8 Å². The van der Waals surface area contributed by atoms with E-state index >= 15 is 0 Å². The van der Waals surface area contributed by atoms with Crippen LogP contribution in [0.1, 0.15) is 24.2 Å². The maximum Gasteiger partial charge on any atom is 0.471 e. The Bertz CT molecular complexity index is 640. The average molecular weight is 330 g/mol. The molecule has 0 N–H and O–H groups in total. The summed E-state index contributed by atoms with van der Waals surface area (Å²) >= 11 is 0. The van der Waals surface area contributed by atoms with E-state index in [1.807, 2.05) is 11.6 Å². The first-order valence-corrected chi connectivity index (χ1v) is 7.44. The van der Waals surface area contributed by atoms with E-state index in [2.05, 4.69) is 4.98 Å². The van der Waals surface area contributed by atoms with Gasteiger partial charge in [-0.3, -0.25) is 9.59 Å². The molecule has 1 atom stereocenters. The highest BCUT2D eigenvalue weighted by atomic mass is 19.4. The van der Waals surface area contributed by atoms with Gasteiger partial charge >= 0.3 is 12.1 Å². The van der Waals surface area contributed by atoms with E-state index in [1.54, 1.807) is 6.33 Å². The van der Waals surface area contributed by atoms with Crippen LogP contribution in [0.15, 0.2) is 6.33 Å². The minimum absolute atomic E-state index is 0.0282. The number of nitrogens with zero attached hydrogens (tertiary/aromatic N) is 4. The molecule has 6 nitrogen and oxygen atoms in total. The first kappa shape index (κ1) is 15.8. The lowest BCUT2D eigenvalue weighted by Gasteiger charge is -2.32. The fourth-order valence-corrected chi connectivity index (χ4v) is 3.24. The number of aryl methyl sites for hydroxylation is 1. The van der Waals surface area contributed by atoms with Crippen molar-refractivity contribution in [2.45, 2.75) is 38.0 Å². The van der Waals surface area contributed by atoms with Crippen LogP contribution in [0.3, 0.4) is 0 Å². The third-order valence-electron chi connectivity index (χ3n) is 4.46. The SMILES string of the molecule is Cn1cnc2c1CN(C(=O)C1CCCN1C(=O)C(F)(F)F)CC2. The molecule has 0 spiro atoms. The lowest BCUT2D eigenvalue weighted by Crippen LogP contribution is -2.52. The summed E-state index contributed by atoms with van der Waals surface area (Å²) in [4.78, 5) is 30.5. The van der Waals surface area contributed by atoms with E-state index in [9.17, 15) is 22.8 Å². The summed E-state index contributed by atoms with van der Waals surface area (Å²) in [6.07, 6.45) is -2.03. The number of carbonyl (C=O) groups is 2. The second-order valence-corrected chi connectivity index (χ2v) is 5.91. The Morgan fingerprint density at radius 2 is 2.04 bits per heavy atom. The Balaban J connectivity index is 1.75. The van der Waals surface area contributed by atoms with Crippen molar-refractivity contribution in [2.24, 2.45) is 7.05 Å². The van der Waals surface area contributed by atoms with Gasteiger partial charge in [0.1, 0.15) is 6.04 Å². The van der Waals surface area contributed by atoms with Crippen LogP contribution in [-0.4, -0.2) is 56.5 Å². The zero-order chi connectivity index (χ0) is 16.8. The number of amides is 2. The molecule has 0 radical (unpaired) electrons. The number of likely N-dealkylation sites (tertiary alicyclic amines) is 1. The molecule has 0 saturated carbocycles. The van der Waals surface area contributed by atoms with Gasteiger partial charge in [0.25, 0.3) is 0 Å². The van der Waals surface area contributed by atoms with Crippen molar-refractivity contribution in [1.82, 2.24) is 19.4 Å². The molecule has 23 heavy (non-hydrogen) atoms. The van der Waals surface area contributed by atoms with Gasteiger partial charge in [0.2, 0.25) is 5.91 Å². The average Bonchev–Trinajstić information content (AvgIpc) is 3.12. The van der Waals surface area contributed by atoms with Crippen molar-refractivity contribution in [2.75, 3.05) is 13.1 Å². The monoisotopic (exact) mass is 330 g/mol. The molecular formula is C14H17F3N4O2. The van der Waals surface area contributed by atoms with Gasteiger partial charge in [-0.05, 0) is 12.8 Å². The van der Waals surface area contributed by atoms with Gasteiger partial charge in [0.15, 0.2) is 0 Å². The van der Waals surface area contributed by atoms with Crippen molar-refractivity contribution < 1.29 is 22.8 Å². The van der Waals surface area contributed by atoms with E-state index in [-0.39, 0.29) is 13.0 Å². The molecule has 2 aliphatic heterocycles. The van der Waals surface area contributed by atoms with Crippen LogP contribution in [0.5, 0.6) is 0 Å². The summed E-state index contributed by atoms with van der Waals surface area (Å²) in [5.74, 6) is -2.33. The first-order valence-electron chi connectivity index (χ1n) is 7.44. The molecular weight excluding hydrogens is 313 g/mol. The van der Waals surface area contributed by atoms with E-state index in [1.165, 1.54) is 4.90 Å². The molecule has 0 bridgehead atoms. The molecule has 0 aromatic carbocycles. The Labute approximate surface area is 130 Å². The Morgan fingerprint density at radius 3 is 2.74 bits per heavy atom. The van der Waals surface area contributed by atoms with Crippen molar-refractivity contribution in [3.63, 3.8) is 0 Å². The topological polar surface area (TPSA) is 58.4 Å². The number of alkyl halides is 3. The highest BCUT2D eigenvalue weighted by Gasteiger charge is 2.48. The number of hydrogen-bond acceptors (Lipinski definition) is 3. The zero-order valence-corrected chi connectivity index (χ0v) is 12.6. The molecule has 0 aliphatic carbocycles. The lowest BCUT2D eigenvalue weighted by molar-refractivity contribution is -0.187. The smallest absolute Gasteiger partial charge is 0.336 e. The van der Waals surface area contributed by atoms with Crippen LogP contribution >= 0.6 is 0 Å². The van der Waals surface area contributed by atoms with Crippen molar-refractivity contribution in [3.8, 4) is 0 Å². The van der Waals surface area contributed by atoms with Gasteiger partial charge in [0, 0.05) is 26.6 Å². The molecule has 1 unspecified atom stereocenters. The summed E-state index contributed by atoms with van der Waals surface area (Å²) in [6.45, 7) is 0.697. The number of carbonyl (C=O) groups excluding carboxylic acids is 2. The van der Waals surface area contributed by atoms with E-state index < -0.39 is 24.0 Å². The number of aromatic nitrogens is 2. The predicted molar refractivity (Wildman–Crippen MR) is 73.1 cm³/mol. The minimum Gasteiger partial charge on any atom is -0.336 e. The molecule has 2 aliphatic rings. The van der Waals surface area contributed by atoms with Gasteiger partial charge in [-0.15, -0.1) is 0 Å². The third kappa shape index (κ3) is 2.79. The molecule has 3 heterocycles. The van der Waals surface area contributed by atoms with Gasteiger partial charge in [-0.1, -0.05) is 0 Å². The number of imidazole rings is 1. The van der Waals surface area contributed by atoms with Crippen LogP contribution in [0.4, 0.5) is 13.2 Å². The molecule has 1 saturated heterocycles. The standard InChI is InChI=1S/C14H17F3N4O2/c1-19-8-18-9-4-6-20(7-11(9)19)12(22)10-3-2-5-21(10)13(23)14(15,16)17/h8,10H,2-7H2,1H3. The molecule has 1 aromatic rings. The molecule has 1 fully saturated rings. The maximum atomic E-state index is 12.7. The zero-order valence-electron chi connectivity index (χ0n) is 12.6. The third-order valence-corrected chi connectivity index (χ3v) is 4.46. The second kappa shape index (κ2) is 5.54. The van der Waals surface area contributed by atoms with Crippen molar-refractivity contribution in [1.29, 1.82) is 0 Å². The fraction of sp³-hybridized carbons (Fsp3) is 0.643. The maximum absolute atomic E-state index is 12.7. The number of halogens is 3. The van der Waals surface area contributed by atoms with Gasteiger partial charge in [-0.25, -0.2) is 4.98 Å². The Hall–Kier alpha value is -2.06. The van der Waals surface area contributed by atoms with Crippen LogP contribution in [0, 0.1) is 0 Å². The predicted octanol–water partition coefficient (Wildman–Crippen LogP) is 0.858. The number of hydrogen-bond donors (Lipinski definition) is 0. The van der Waals surface area contributed by atoms with Crippen LogP contribution in [0.25, 0.3) is 0 Å². The Morgan fingerprint density at radius 1 is 1.30 bits per heavy atom. The van der Waals surface area contributed by atoms with Crippen molar-refractivity contribution >= 4 is 11.8 Å². The van der Waals surface area contributed by atoms with E-state index in [4.69, 9.17) is 0 Å². The molecule has 1 aromatic heterocycles. The largest absolute Gasteiger partial charge is 0.471 e. The van der Waals surface area contributed by atoms with Gasteiger partial charge in [-0.2, -0.15) is 13.2 Å². The summed E-state index contributed by atoms with van der Waals surface area (Å²) < 4.78 is 39.8. The summed E-state index contributed by atoms with van der Waals surface area (Å²) in [5, 5.41) is 0. The normalized spacial score (nSPS) is 21.5. The van der Waals surface area contributed by atoms with Crippen LogP contribution in [-0.2, 0) is 29.6 Å². The summed E-state index contributed by atoms with van der Waals surface area (Å²) in [5.41, 5.74) is 1.79. The fourth-order valence-electron chi connectivity index (χ4n) is 3.24. The van der Waals surface area contributed by atoms with Gasteiger partial charge < -0.3 is 14.4 Å². The highest BCUT2D eigenvalue weighted by Crippen LogP contribution is 2.28. The molecule has 3 rings (SSSR count). The molecule has 9 heteroatoms. The van der Waals surface area contributed by atoms with Crippen molar-refractivity contribution in [3.05, 3.63) is 17.7 Å². The summed E-state index contributed by atoms with van der Waals surface area (Å²) in [6, 6.07) is -1.01. The summed E-state index contributed by atoms with van der Waals surface area (Å²) in [7, 11) is 1.81. The Kier molecular flexibility index (Phi) is 3.81. The molecule has 2 amide bonds. The lowest BCUT2D eigenvalue weighted by atomic mass is 10.1. The first-order chi connectivity index (χ1) is 10.8. The highest BCUT2D eigenvalue weighted by molar-refractivity contribution is 5.90. The second-order valence-electron chi connectivity index (χ2n) is 5.91. The van der Waals surface area contributed by atoms with E-state index in [0.717, 1.165) is 11.4 Å². The minimum atomic E-state index is -4.94.